The standard InChI is InChI=1S/C14H17BrN2O/c1-2-3-10-4-6-11(7-5-10)13(17-16)12-8-9-18-14(12)15/h4-9,13,17H,2-3,16H2,1H3. The number of hydrazine groups is 1. The van der Waals surface area contributed by atoms with Gasteiger partial charge in [-0.25, -0.2) is 5.43 Å². The summed E-state index contributed by atoms with van der Waals surface area (Å²) < 4.78 is 5.96. The zero-order valence-electron chi connectivity index (χ0n) is 10.3. The third kappa shape index (κ3) is 2.83. The van der Waals surface area contributed by atoms with Gasteiger partial charge in [-0.05, 0) is 39.5 Å². The van der Waals surface area contributed by atoms with Crippen LogP contribution in [-0.2, 0) is 6.42 Å². The maximum absolute atomic E-state index is 5.65. The van der Waals surface area contributed by atoms with Gasteiger partial charge in [0, 0.05) is 5.56 Å². The number of nitrogens with two attached hydrogens (primary N) is 1. The zero-order chi connectivity index (χ0) is 13.0. The third-order valence-electron chi connectivity index (χ3n) is 2.98. The Bertz CT molecular complexity index is 493. The van der Waals surface area contributed by atoms with Crippen molar-refractivity contribution in [3.63, 3.8) is 0 Å². The lowest BCUT2D eigenvalue weighted by Crippen LogP contribution is -2.28. The lowest BCUT2D eigenvalue weighted by atomic mass is 9.99. The van der Waals surface area contributed by atoms with Gasteiger partial charge >= 0.3 is 0 Å². The monoisotopic (exact) mass is 308 g/mol. The predicted molar refractivity (Wildman–Crippen MR) is 76.0 cm³/mol. The van der Waals surface area contributed by atoms with E-state index in [1.807, 2.05) is 6.07 Å². The summed E-state index contributed by atoms with van der Waals surface area (Å²) >= 11 is 3.38. The van der Waals surface area contributed by atoms with E-state index in [1.165, 1.54) is 5.56 Å². The van der Waals surface area contributed by atoms with Gasteiger partial charge in [-0.3, -0.25) is 5.84 Å². The van der Waals surface area contributed by atoms with Crippen molar-refractivity contribution in [1.29, 1.82) is 0 Å². The predicted octanol–water partition coefficient (Wildman–Crippen LogP) is 3.55. The molecule has 0 aliphatic heterocycles. The molecule has 0 aliphatic rings. The van der Waals surface area contributed by atoms with Crippen LogP contribution in [0.25, 0.3) is 0 Å². The van der Waals surface area contributed by atoms with Crippen LogP contribution in [0.1, 0.15) is 36.1 Å². The van der Waals surface area contributed by atoms with Crippen LogP contribution >= 0.6 is 15.9 Å². The van der Waals surface area contributed by atoms with Crippen LogP contribution in [0.5, 0.6) is 0 Å². The number of hydrogen-bond donors (Lipinski definition) is 2. The molecule has 96 valence electrons. The summed E-state index contributed by atoms with van der Waals surface area (Å²) in [7, 11) is 0. The van der Waals surface area contributed by atoms with Crippen molar-refractivity contribution in [1.82, 2.24) is 5.43 Å². The summed E-state index contributed by atoms with van der Waals surface area (Å²) in [6.45, 7) is 2.18. The van der Waals surface area contributed by atoms with E-state index in [2.05, 4.69) is 52.5 Å². The zero-order valence-corrected chi connectivity index (χ0v) is 11.9. The maximum atomic E-state index is 5.65. The van der Waals surface area contributed by atoms with Crippen molar-refractivity contribution in [2.24, 2.45) is 5.84 Å². The number of benzene rings is 1. The van der Waals surface area contributed by atoms with E-state index in [0.29, 0.717) is 4.67 Å². The van der Waals surface area contributed by atoms with Crippen LogP contribution in [0.2, 0.25) is 0 Å². The molecule has 1 aromatic heterocycles. The topological polar surface area (TPSA) is 51.2 Å². The Kier molecular flexibility index (Phi) is 4.58. The first-order valence-corrected chi connectivity index (χ1v) is 6.83. The molecule has 2 aromatic rings. The smallest absolute Gasteiger partial charge is 0.174 e. The van der Waals surface area contributed by atoms with E-state index in [-0.39, 0.29) is 6.04 Å². The molecule has 0 spiro atoms. The average Bonchev–Trinajstić information content (AvgIpc) is 2.79. The summed E-state index contributed by atoms with van der Waals surface area (Å²) in [6, 6.07) is 10.4. The minimum Gasteiger partial charge on any atom is -0.457 e. The minimum atomic E-state index is -0.0613. The number of halogens is 1. The van der Waals surface area contributed by atoms with Crippen LogP contribution in [0.4, 0.5) is 0 Å². The van der Waals surface area contributed by atoms with Gasteiger partial charge in [0.1, 0.15) is 0 Å². The number of rotatable bonds is 5. The van der Waals surface area contributed by atoms with Gasteiger partial charge in [-0.1, -0.05) is 37.6 Å². The molecule has 4 heteroatoms. The Morgan fingerprint density at radius 2 is 2.00 bits per heavy atom. The highest BCUT2D eigenvalue weighted by Gasteiger charge is 2.17. The fourth-order valence-corrected chi connectivity index (χ4v) is 2.51. The molecule has 0 bridgehead atoms. The molecule has 3 nitrogen and oxygen atoms in total. The molecular weight excluding hydrogens is 292 g/mol. The van der Waals surface area contributed by atoms with Crippen molar-refractivity contribution in [2.45, 2.75) is 25.8 Å². The molecule has 1 unspecified atom stereocenters. The van der Waals surface area contributed by atoms with Gasteiger partial charge in [-0.2, -0.15) is 0 Å². The Morgan fingerprint density at radius 3 is 2.50 bits per heavy atom. The number of aryl methyl sites for hydroxylation is 1. The van der Waals surface area contributed by atoms with E-state index < -0.39 is 0 Å². The molecule has 0 saturated heterocycles. The molecule has 0 radical (unpaired) electrons. The van der Waals surface area contributed by atoms with E-state index in [9.17, 15) is 0 Å². The second kappa shape index (κ2) is 6.18. The number of furan rings is 1. The van der Waals surface area contributed by atoms with Gasteiger partial charge in [0.2, 0.25) is 0 Å². The quantitative estimate of drug-likeness (QED) is 0.656. The molecule has 0 fully saturated rings. The fraction of sp³-hybridized carbons (Fsp3) is 0.286. The Balaban J connectivity index is 2.25. The van der Waals surface area contributed by atoms with Crippen LogP contribution < -0.4 is 11.3 Å². The molecular formula is C14H17BrN2O. The fourth-order valence-electron chi connectivity index (χ4n) is 2.04. The first-order chi connectivity index (χ1) is 8.76. The summed E-state index contributed by atoms with van der Waals surface area (Å²) in [6.07, 6.45) is 3.91. The van der Waals surface area contributed by atoms with Crippen molar-refractivity contribution in [3.05, 3.63) is 58.0 Å². The van der Waals surface area contributed by atoms with Crippen molar-refractivity contribution >= 4 is 15.9 Å². The van der Waals surface area contributed by atoms with Gasteiger partial charge in [0.05, 0.1) is 12.3 Å². The average molecular weight is 309 g/mol. The van der Waals surface area contributed by atoms with Crippen LogP contribution in [0.15, 0.2) is 45.7 Å². The van der Waals surface area contributed by atoms with Gasteiger partial charge in [-0.15, -0.1) is 0 Å². The highest BCUT2D eigenvalue weighted by atomic mass is 79.9. The van der Waals surface area contributed by atoms with Crippen molar-refractivity contribution < 1.29 is 4.42 Å². The van der Waals surface area contributed by atoms with Crippen LogP contribution in [-0.4, -0.2) is 0 Å². The summed E-state index contributed by atoms with van der Waals surface area (Å²) in [5.74, 6) is 5.65. The Hall–Kier alpha value is -1.10. The Labute approximate surface area is 115 Å². The molecule has 18 heavy (non-hydrogen) atoms. The molecule has 1 atom stereocenters. The highest BCUT2D eigenvalue weighted by molar-refractivity contribution is 9.10. The maximum Gasteiger partial charge on any atom is 0.174 e. The van der Waals surface area contributed by atoms with E-state index in [4.69, 9.17) is 10.3 Å². The van der Waals surface area contributed by atoms with Crippen molar-refractivity contribution in [2.75, 3.05) is 0 Å². The summed E-state index contributed by atoms with van der Waals surface area (Å²) in [4.78, 5) is 0. The Morgan fingerprint density at radius 1 is 1.28 bits per heavy atom. The second-order valence-electron chi connectivity index (χ2n) is 4.24. The van der Waals surface area contributed by atoms with Crippen LogP contribution in [0.3, 0.4) is 0 Å². The minimum absolute atomic E-state index is 0.0613. The molecule has 1 heterocycles. The van der Waals surface area contributed by atoms with Gasteiger partial charge in [0.15, 0.2) is 4.67 Å². The first kappa shape index (κ1) is 13.3. The summed E-state index contributed by atoms with van der Waals surface area (Å²) in [5.41, 5.74) is 6.30. The summed E-state index contributed by atoms with van der Waals surface area (Å²) in [5, 5.41) is 0. The molecule has 0 saturated carbocycles. The second-order valence-corrected chi connectivity index (χ2v) is 4.96. The van der Waals surface area contributed by atoms with Crippen molar-refractivity contribution in [3.8, 4) is 0 Å². The molecule has 0 amide bonds. The molecule has 2 rings (SSSR count). The van der Waals surface area contributed by atoms with E-state index in [0.717, 1.165) is 24.0 Å². The van der Waals surface area contributed by atoms with Gasteiger partial charge < -0.3 is 4.42 Å². The first-order valence-electron chi connectivity index (χ1n) is 6.04. The largest absolute Gasteiger partial charge is 0.457 e. The number of hydrogen-bond acceptors (Lipinski definition) is 3. The SMILES string of the molecule is CCCc1ccc(C(NN)c2ccoc2Br)cc1. The molecule has 1 aromatic carbocycles. The molecule has 3 N–H and O–H groups in total. The van der Waals surface area contributed by atoms with E-state index >= 15 is 0 Å². The van der Waals surface area contributed by atoms with E-state index in [1.54, 1.807) is 6.26 Å². The lowest BCUT2D eigenvalue weighted by molar-refractivity contribution is 0.526. The normalized spacial score (nSPS) is 12.6. The third-order valence-corrected chi connectivity index (χ3v) is 3.62. The van der Waals surface area contributed by atoms with Gasteiger partial charge in [0.25, 0.3) is 0 Å². The lowest BCUT2D eigenvalue weighted by Gasteiger charge is -2.15. The van der Waals surface area contributed by atoms with Crippen LogP contribution in [0, 0.1) is 0 Å². The number of nitrogens with one attached hydrogen (secondary N) is 1. The molecule has 0 aliphatic carbocycles. The highest BCUT2D eigenvalue weighted by Crippen LogP contribution is 2.29.